The third-order valence-electron chi connectivity index (χ3n) is 3.42. The predicted octanol–water partition coefficient (Wildman–Crippen LogP) is 2.27. The van der Waals surface area contributed by atoms with Gasteiger partial charge < -0.3 is 10.0 Å². The summed E-state index contributed by atoms with van der Waals surface area (Å²) in [5.74, 6) is 0.740. The summed E-state index contributed by atoms with van der Waals surface area (Å²) in [6.45, 7) is 1.61. The van der Waals surface area contributed by atoms with Crippen LogP contribution in [-0.2, 0) is 5.88 Å². The quantitative estimate of drug-likeness (QED) is 0.854. The second-order valence-electron chi connectivity index (χ2n) is 4.77. The predicted molar refractivity (Wildman–Crippen MR) is 71.7 cm³/mol. The van der Waals surface area contributed by atoms with Gasteiger partial charge in [-0.2, -0.15) is 0 Å². The van der Waals surface area contributed by atoms with Crippen LogP contribution in [0.5, 0.6) is 0 Å². The number of benzene rings is 1. The van der Waals surface area contributed by atoms with E-state index in [0.29, 0.717) is 18.0 Å². The highest BCUT2D eigenvalue weighted by molar-refractivity contribution is 6.17. The molecule has 4 heteroatoms. The Bertz CT molecular complexity index is 405. The zero-order chi connectivity index (χ0) is 13.0. The molecule has 0 bridgehead atoms. The lowest BCUT2D eigenvalue weighted by molar-refractivity contribution is 0.0620. The third-order valence-corrected chi connectivity index (χ3v) is 3.73. The van der Waals surface area contributed by atoms with Crippen LogP contribution in [0.2, 0.25) is 0 Å². The number of aliphatic hydroxyl groups is 1. The Morgan fingerprint density at radius 3 is 2.72 bits per heavy atom. The lowest BCUT2D eigenvalue weighted by Gasteiger charge is -2.31. The molecule has 2 rings (SSSR count). The van der Waals surface area contributed by atoms with Gasteiger partial charge in [0.2, 0.25) is 0 Å². The zero-order valence-corrected chi connectivity index (χ0v) is 11.1. The van der Waals surface area contributed by atoms with Crippen molar-refractivity contribution in [2.24, 2.45) is 5.92 Å². The van der Waals surface area contributed by atoms with Crippen molar-refractivity contribution in [2.45, 2.75) is 18.7 Å². The maximum Gasteiger partial charge on any atom is 0.253 e. The minimum Gasteiger partial charge on any atom is -0.396 e. The number of carbonyl (C=O) groups excluding carboxylic acids is 1. The molecule has 0 aromatic heterocycles. The van der Waals surface area contributed by atoms with E-state index in [-0.39, 0.29) is 18.4 Å². The zero-order valence-electron chi connectivity index (χ0n) is 10.3. The van der Waals surface area contributed by atoms with Crippen molar-refractivity contribution < 1.29 is 9.90 Å². The van der Waals surface area contributed by atoms with Gasteiger partial charge in [0.1, 0.15) is 0 Å². The van der Waals surface area contributed by atoms with E-state index in [1.54, 1.807) is 0 Å². The first-order chi connectivity index (χ1) is 8.74. The molecule has 1 aliphatic rings. The van der Waals surface area contributed by atoms with Gasteiger partial charge in [-0.15, -0.1) is 11.6 Å². The van der Waals surface area contributed by atoms with Crippen molar-refractivity contribution in [1.29, 1.82) is 0 Å². The Kier molecular flexibility index (Phi) is 4.61. The van der Waals surface area contributed by atoms with Gasteiger partial charge in [-0.3, -0.25) is 4.79 Å². The maximum absolute atomic E-state index is 12.3. The van der Waals surface area contributed by atoms with E-state index in [2.05, 4.69) is 0 Å². The second kappa shape index (κ2) is 6.21. The van der Waals surface area contributed by atoms with Gasteiger partial charge in [-0.25, -0.2) is 0 Å². The monoisotopic (exact) mass is 267 g/mol. The molecule has 1 aromatic carbocycles. The Morgan fingerprint density at radius 2 is 2.11 bits per heavy atom. The number of alkyl halides is 1. The number of carbonyl (C=O) groups is 1. The van der Waals surface area contributed by atoms with Crippen molar-refractivity contribution in [3.63, 3.8) is 0 Å². The van der Waals surface area contributed by atoms with Crippen molar-refractivity contribution in [1.82, 2.24) is 4.90 Å². The van der Waals surface area contributed by atoms with Crippen molar-refractivity contribution in [2.75, 3.05) is 19.7 Å². The number of aliphatic hydroxyl groups excluding tert-OH is 1. The molecule has 1 aliphatic heterocycles. The fourth-order valence-electron chi connectivity index (χ4n) is 2.32. The number of hydrogen-bond acceptors (Lipinski definition) is 2. The Hall–Kier alpha value is -1.06. The highest BCUT2D eigenvalue weighted by atomic mass is 35.5. The SMILES string of the molecule is O=C(c1ccc(CCl)cc1)N1CCCC(CO)C1. The lowest BCUT2D eigenvalue weighted by atomic mass is 9.98. The summed E-state index contributed by atoms with van der Waals surface area (Å²) in [6, 6.07) is 7.41. The van der Waals surface area contributed by atoms with Crippen LogP contribution < -0.4 is 0 Å². The van der Waals surface area contributed by atoms with E-state index in [0.717, 1.165) is 24.9 Å². The van der Waals surface area contributed by atoms with Gasteiger partial charge in [0.15, 0.2) is 0 Å². The summed E-state index contributed by atoms with van der Waals surface area (Å²) < 4.78 is 0. The van der Waals surface area contributed by atoms with Gasteiger partial charge in [0.05, 0.1) is 0 Å². The number of amides is 1. The molecule has 0 saturated carbocycles. The minimum absolute atomic E-state index is 0.0503. The molecule has 1 amide bonds. The summed E-state index contributed by atoms with van der Waals surface area (Å²) in [6.07, 6.45) is 1.97. The van der Waals surface area contributed by atoms with Crippen molar-refractivity contribution in [3.05, 3.63) is 35.4 Å². The number of rotatable bonds is 3. The summed E-state index contributed by atoms with van der Waals surface area (Å²) in [5, 5.41) is 9.18. The van der Waals surface area contributed by atoms with Crippen LogP contribution in [-0.4, -0.2) is 35.6 Å². The van der Waals surface area contributed by atoms with Crippen molar-refractivity contribution in [3.8, 4) is 0 Å². The van der Waals surface area contributed by atoms with E-state index in [1.165, 1.54) is 0 Å². The highest BCUT2D eigenvalue weighted by Crippen LogP contribution is 2.18. The number of hydrogen-bond donors (Lipinski definition) is 1. The van der Waals surface area contributed by atoms with E-state index >= 15 is 0 Å². The van der Waals surface area contributed by atoms with Crippen LogP contribution in [0, 0.1) is 5.92 Å². The fraction of sp³-hybridized carbons (Fsp3) is 0.500. The third kappa shape index (κ3) is 3.03. The van der Waals surface area contributed by atoms with E-state index in [1.807, 2.05) is 29.2 Å². The molecule has 1 unspecified atom stereocenters. The second-order valence-corrected chi connectivity index (χ2v) is 5.04. The van der Waals surface area contributed by atoms with E-state index in [4.69, 9.17) is 11.6 Å². The average molecular weight is 268 g/mol. The molecule has 1 fully saturated rings. The van der Waals surface area contributed by atoms with Crippen LogP contribution in [0.1, 0.15) is 28.8 Å². The van der Waals surface area contributed by atoms with Crippen LogP contribution in [0.25, 0.3) is 0 Å². The number of piperidine rings is 1. The largest absolute Gasteiger partial charge is 0.396 e. The molecule has 98 valence electrons. The lowest BCUT2D eigenvalue weighted by Crippen LogP contribution is -2.40. The summed E-state index contributed by atoms with van der Waals surface area (Å²) in [4.78, 5) is 14.1. The van der Waals surface area contributed by atoms with Gasteiger partial charge in [-0.05, 0) is 36.5 Å². The van der Waals surface area contributed by atoms with E-state index in [9.17, 15) is 9.90 Å². The first-order valence-electron chi connectivity index (χ1n) is 6.29. The standard InChI is InChI=1S/C14H18ClNO2/c15-8-11-3-5-13(6-4-11)14(18)16-7-1-2-12(9-16)10-17/h3-6,12,17H,1-2,7-10H2. The molecule has 3 nitrogen and oxygen atoms in total. The molecule has 1 heterocycles. The maximum atomic E-state index is 12.3. The Labute approximate surface area is 112 Å². The number of halogens is 1. The smallest absolute Gasteiger partial charge is 0.253 e. The van der Waals surface area contributed by atoms with Crippen LogP contribution >= 0.6 is 11.6 Å². The molecule has 18 heavy (non-hydrogen) atoms. The molecule has 0 radical (unpaired) electrons. The average Bonchev–Trinajstić information content (AvgIpc) is 2.46. The molecule has 1 atom stereocenters. The first-order valence-corrected chi connectivity index (χ1v) is 6.83. The molecule has 1 N–H and O–H groups in total. The van der Waals surface area contributed by atoms with Gasteiger partial charge in [0.25, 0.3) is 5.91 Å². The molecule has 0 aliphatic carbocycles. The molecule has 1 aromatic rings. The van der Waals surface area contributed by atoms with Crippen LogP contribution in [0.4, 0.5) is 0 Å². The Morgan fingerprint density at radius 1 is 1.39 bits per heavy atom. The summed E-state index contributed by atoms with van der Waals surface area (Å²) >= 11 is 5.72. The van der Waals surface area contributed by atoms with E-state index < -0.39 is 0 Å². The summed E-state index contributed by atoms with van der Waals surface area (Å²) in [5.41, 5.74) is 1.71. The van der Waals surface area contributed by atoms with Gasteiger partial charge in [-0.1, -0.05) is 12.1 Å². The minimum atomic E-state index is 0.0503. The fourth-order valence-corrected chi connectivity index (χ4v) is 2.50. The summed E-state index contributed by atoms with van der Waals surface area (Å²) in [7, 11) is 0. The van der Waals surface area contributed by atoms with Crippen LogP contribution in [0.3, 0.4) is 0 Å². The van der Waals surface area contributed by atoms with Gasteiger partial charge >= 0.3 is 0 Å². The molecule has 1 saturated heterocycles. The molecular weight excluding hydrogens is 250 g/mol. The van der Waals surface area contributed by atoms with Gasteiger partial charge in [0, 0.05) is 31.1 Å². The van der Waals surface area contributed by atoms with Crippen molar-refractivity contribution >= 4 is 17.5 Å². The Balaban J connectivity index is 2.05. The molecular formula is C14H18ClNO2. The number of nitrogens with zero attached hydrogens (tertiary/aromatic N) is 1. The topological polar surface area (TPSA) is 40.5 Å². The molecule has 0 spiro atoms. The van der Waals surface area contributed by atoms with Crippen LogP contribution in [0.15, 0.2) is 24.3 Å². The number of likely N-dealkylation sites (tertiary alicyclic amines) is 1. The normalized spacial score (nSPS) is 19.9. The first kappa shape index (κ1) is 13.4. The highest BCUT2D eigenvalue weighted by Gasteiger charge is 2.23.